The van der Waals surface area contributed by atoms with E-state index in [9.17, 15) is 0 Å². The molecule has 2 aliphatic rings. The summed E-state index contributed by atoms with van der Waals surface area (Å²) in [5.74, 6) is 3.30. The molecule has 1 saturated heterocycles. The third-order valence-corrected chi connectivity index (χ3v) is 7.56. The van der Waals surface area contributed by atoms with Crippen LogP contribution in [-0.2, 0) is 12.8 Å². The van der Waals surface area contributed by atoms with E-state index in [1.807, 2.05) is 11.3 Å². The lowest BCUT2D eigenvalue weighted by molar-refractivity contribution is 0.224. The predicted octanol–water partition coefficient (Wildman–Crippen LogP) is 3.83. The Morgan fingerprint density at radius 1 is 1.33 bits per heavy atom. The van der Waals surface area contributed by atoms with Crippen LogP contribution in [-0.4, -0.2) is 40.8 Å². The molecule has 1 aliphatic carbocycles. The van der Waals surface area contributed by atoms with Gasteiger partial charge in [0.2, 0.25) is 0 Å². The lowest BCUT2D eigenvalue weighted by atomic mass is 9.89. The predicted molar refractivity (Wildman–Crippen MR) is 104 cm³/mol. The number of nitrogens with zero attached hydrogens (tertiary/aromatic N) is 3. The molecule has 0 radical (unpaired) electrons. The Morgan fingerprint density at radius 2 is 2.21 bits per heavy atom. The summed E-state index contributed by atoms with van der Waals surface area (Å²) in [6.45, 7) is 4.76. The number of aromatic nitrogens is 2. The first kappa shape index (κ1) is 16.6. The van der Waals surface area contributed by atoms with Crippen molar-refractivity contribution in [2.24, 2.45) is 11.8 Å². The smallest absolute Gasteiger partial charge is 0.190 e. The molecular formula is C18H26N4S2. The van der Waals surface area contributed by atoms with Gasteiger partial charge in [-0.25, -0.2) is 9.97 Å². The Kier molecular flexibility index (Phi) is 4.71. The third-order valence-electron chi connectivity index (χ3n) is 5.33. The van der Waals surface area contributed by atoms with Crippen molar-refractivity contribution in [3.05, 3.63) is 10.4 Å². The zero-order valence-electron chi connectivity index (χ0n) is 14.5. The zero-order valence-corrected chi connectivity index (χ0v) is 16.2. The number of nitrogen functional groups attached to an aromatic ring is 1. The molecule has 0 unspecified atom stereocenters. The maximum Gasteiger partial charge on any atom is 0.190 e. The molecular weight excluding hydrogens is 336 g/mol. The van der Waals surface area contributed by atoms with Crippen LogP contribution in [0.1, 0.15) is 36.6 Å². The number of rotatable bonds is 3. The van der Waals surface area contributed by atoms with Crippen LogP contribution in [0, 0.1) is 11.8 Å². The van der Waals surface area contributed by atoms with Gasteiger partial charge in [0.05, 0.1) is 5.39 Å². The van der Waals surface area contributed by atoms with Gasteiger partial charge in [0.25, 0.3) is 0 Å². The van der Waals surface area contributed by atoms with Crippen molar-refractivity contribution >= 4 is 39.1 Å². The zero-order chi connectivity index (χ0) is 16.7. The first-order valence-electron chi connectivity index (χ1n) is 8.99. The molecule has 3 heterocycles. The molecule has 2 N–H and O–H groups in total. The molecule has 6 heteroatoms. The van der Waals surface area contributed by atoms with Crippen LogP contribution in [0.2, 0.25) is 0 Å². The number of thiophene rings is 1. The lowest BCUT2D eigenvalue weighted by Crippen LogP contribution is -2.33. The van der Waals surface area contributed by atoms with Gasteiger partial charge in [-0.05, 0) is 63.1 Å². The Morgan fingerprint density at radius 3 is 3.04 bits per heavy atom. The van der Waals surface area contributed by atoms with E-state index >= 15 is 0 Å². The van der Waals surface area contributed by atoms with Crippen molar-refractivity contribution in [3.8, 4) is 0 Å². The van der Waals surface area contributed by atoms with Crippen LogP contribution in [0.5, 0.6) is 0 Å². The van der Waals surface area contributed by atoms with Crippen molar-refractivity contribution in [2.45, 2.75) is 44.2 Å². The first-order valence-corrected chi connectivity index (χ1v) is 10.8. The van der Waals surface area contributed by atoms with E-state index in [2.05, 4.69) is 23.9 Å². The van der Waals surface area contributed by atoms with Crippen LogP contribution < -0.4 is 5.73 Å². The standard InChI is InChI=1S/C18H26N4S2/c1-11-5-6-13-14(8-11)24-17-15(13)16(19)20-18(21-17)23-10-12-4-3-7-22(2)9-12/h11-12H,3-10H2,1-2H3,(H2,19,20,21)/t11-,12-/m1/s1. The van der Waals surface area contributed by atoms with E-state index in [0.29, 0.717) is 5.82 Å². The number of thioether (sulfide) groups is 1. The van der Waals surface area contributed by atoms with Crippen molar-refractivity contribution in [3.63, 3.8) is 0 Å². The summed E-state index contributed by atoms with van der Waals surface area (Å²) in [7, 11) is 2.22. The van der Waals surface area contributed by atoms with Crippen molar-refractivity contribution in [1.29, 1.82) is 0 Å². The Labute approximate surface area is 152 Å². The van der Waals surface area contributed by atoms with Crippen LogP contribution in [0.25, 0.3) is 10.2 Å². The average molecular weight is 363 g/mol. The highest BCUT2D eigenvalue weighted by atomic mass is 32.2. The second kappa shape index (κ2) is 6.81. The summed E-state index contributed by atoms with van der Waals surface area (Å²) >= 11 is 3.62. The SMILES string of the molecule is C[C@@H]1CCc2c(sc3nc(SC[C@@H]4CCCN(C)C4)nc(N)c23)C1. The summed E-state index contributed by atoms with van der Waals surface area (Å²) < 4.78 is 0. The highest BCUT2D eigenvalue weighted by molar-refractivity contribution is 7.99. The van der Waals surface area contributed by atoms with E-state index in [1.54, 1.807) is 11.8 Å². The maximum atomic E-state index is 6.32. The molecule has 1 fully saturated rings. The molecule has 130 valence electrons. The summed E-state index contributed by atoms with van der Waals surface area (Å²) in [6.07, 6.45) is 6.18. The minimum Gasteiger partial charge on any atom is -0.383 e. The molecule has 24 heavy (non-hydrogen) atoms. The lowest BCUT2D eigenvalue weighted by Gasteiger charge is -2.29. The Bertz CT molecular complexity index is 742. The monoisotopic (exact) mass is 362 g/mol. The summed E-state index contributed by atoms with van der Waals surface area (Å²) in [5, 5.41) is 2.00. The van der Waals surface area contributed by atoms with E-state index in [4.69, 9.17) is 10.7 Å². The molecule has 0 aromatic carbocycles. The number of hydrogen-bond acceptors (Lipinski definition) is 6. The fourth-order valence-corrected chi connectivity index (χ4v) is 6.44. The number of aryl methyl sites for hydroxylation is 1. The summed E-state index contributed by atoms with van der Waals surface area (Å²) in [5.41, 5.74) is 7.75. The second-order valence-corrected chi connectivity index (χ2v) is 9.58. The van der Waals surface area contributed by atoms with E-state index in [1.165, 1.54) is 49.2 Å². The molecule has 2 aromatic heterocycles. The third kappa shape index (κ3) is 3.28. The van der Waals surface area contributed by atoms with Gasteiger partial charge in [-0.1, -0.05) is 18.7 Å². The molecule has 0 amide bonds. The quantitative estimate of drug-likeness (QED) is 0.664. The first-order chi connectivity index (χ1) is 11.6. The normalized spacial score (nSPS) is 25.1. The van der Waals surface area contributed by atoms with Gasteiger partial charge in [0.1, 0.15) is 10.6 Å². The topological polar surface area (TPSA) is 55.0 Å². The van der Waals surface area contributed by atoms with Crippen molar-refractivity contribution in [1.82, 2.24) is 14.9 Å². The second-order valence-electron chi connectivity index (χ2n) is 7.50. The molecule has 4 nitrogen and oxygen atoms in total. The van der Waals surface area contributed by atoms with Crippen molar-refractivity contribution in [2.75, 3.05) is 31.6 Å². The fourth-order valence-electron chi connectivity index (χ4n) is 4.02. The Hall–Kier alpha value is -0.850. The minimum atomic E-state index is 0.690. The summed E-state index contributed by atoms with van der Waals surface area (Å²) in [4.78, 5) is 14.5. The van der Waals surface area contributed by atoms with Crippen LogP contribution >= 0.6 is 23.1 Å². The highest BCUT2D eigenvalue weighted by Crippen LogP contribution is 2.40. The number of piperidine rings is 1. The van der Waals surface area contributed by atoms with Gasteiger partial charge in [-0.2, -0.15) is 0 Å². The largest absolute Gasteiger partial charge is 0.383 e. The number of anilines is 1. The van der Waals surface area contributed by atoms with Crippen LogP contribution in [0.15, 0.2) is 5.16 Å². The van der Waals surface area contributed by atoms with Crippen LogP contribution in [0.4, 0.5) is 5.82 Å². The summed E-state index contributed by atoms with van der Waals surface area (Å²) in [6, 6.07) is 0. The van der Waals surface area contributed by atoms with E-state index in [0.717, 1.165) is 39.4 Å². The highest BCUT2D eigenvalue weighted by Gasteiger charge is 2.24. The Balaban J connectivity index is 1.54. The molecule has 0 spiro atoms. The van der Waals surface area contributed by atoms with Crippen molar-refractivity contribution < 1.29 is 0 Å². The average Bonchev–Trinajstić information content (AvgIpc) is 2.90. The minimum absolute atomic E-state index is 0.690. The maximum absolute atomic E-state index is 6.32. The van der Waals surface area contributed by atoms with E-state index < -0.39 is 0 Å². The van der Waals surface area contributed by atoms with Gasteiger partial charge in [0, 0.05) is 17.2 Å². The number of hydrogen-bond donors (Lipinski definition) is 1. The fraction of sp³-hybridized carbons (Fsp3) is 0.667. The molecule has 4 rings (SSSR count). The van der Waals surface area contributed by atoms with Gasteiger partial charge in [-0.15, -0.1) is 11.3 Å². The molecule has 0 saturated carbocycles. The van der Waals surface area contributed by atoms with Gasteiger partial charge >= 0.3 is 0 Å². The van der Waals surface area contributed by atoms with Gasteiger partial charge < -0.3 is 10.6 Å². The number of fused-ring (bicyclic) bond motifs is 3. The molecule has 2 atom stereocenters. The molecule has 1 aliphatic heterocycles. The number of likely N-dealkylation sites (tertiary alicyclic amines) is 1. The van der Waals surface area contributed by atoms with Gasteiger partial charge in [0.15, 0.2) is 5.16 Å². The van der Waals surface area contributed by atoms with Crippen LogP contribution in [0.3, 0.4) is 0 Å². The van der Waals surface area contributed by atoms with Gasteiger partial charge in [-0.3, -0.25) is 0 Å². The molecule has 2 aromatic rings. The number of nitrogens with two attached hydrogens (primary N) is 1. The van der Waals surface area contributed by atoms with E-state index in [-0.39, 0.29) is 0 Å². The molecule has 0 bridgehead atoms.